The summed E-state index contributed by atoms with van der Waals surface area (Å²) in [5, 5.41) is 3.49. The molecule has 0 aromatic heterocycles. The van der Waals surface area contributed by atoms with E-state index in [1.807, 2.05) is 0 Å². The van der Waals surface area contributed by atoms with E-state index >= 15 is 0 Å². The topological polar surface area (TPSA) is 12.0 Å². The smallest absolute Gasteiger partial charge is 0.0631 e. The van der Waals surface area contributed by atoms with Crippen LogP contribution in [-0.4, -0.2) is 0 Å². The number of anilines is 1. The number of benzene rings is 2. The fourth-order valence-electron chi connectivity index (χ4n) is 2.32. The molecule has 2 rings (SSSR count). The fourth-order valence-corrected chi connectivity index (χ4v) is 4.02. The number of hydrogen-bond acceptors (Lipinski definition) is 1. The third-order valence-electron chi connectivity index (χ3n) is 3.32. The summed E-state index contributed by atoms with van der Waals surface area (Å²) >= 11 is 7.24. The highest BCUT2D eigenvalue weighted by Gasteiger charge is 2.06. The van der Waals surface area contributed by atoms with Crippen LogP contribution in [0.15, 0.2) is 45.3 Å². The van der Waals surface area contributed by atoms with Crippen molar-refractivity contribution < 1.29 is 0 Å². The second-order valence-corrected chi connectivity index (χ2v) is 7.58. The molecule has 0 aliphatic heterocycles. The van der Waals surface area contributed by atoms with Gasteiger partial charge in [0, 0.05) is 15.5 Å². The van der Waals surface area contributed by atoms with Gasteiger partial charge in [0.05, 0.1) is 5.69 Å². The molecule has 21 heavy (non-hydrogen) atoms. The van der Waals surface area contributed by atoms with Crippen molar-refractivity contribution in [2.24, 2.45) is 5.92 Å². The van der Waals surface area contributed by atoms with Gasteiger partial charge in [0.2, 0.25) is 0 Å². The highest BCUT2D eigenvalue weighted by Crippen LogP contribution is 2.32. The van der Waals surface area contributed by atoms with Crippen molar-refractivity contribution in [1.82, 2.24) is 0 Å². The zero-order chi connectivity index (χ0) is 15.4. The second kappa shape index (κ2) is 7.46. The lowest BCUT2D eigenvalue weighted by Gasteiger charge is -2.12. The van der Waals surface area contributed by atoms with E-state index in [1.165, 1.54) is 16.7 Å². The predicted octanol–water partition coefficient (Wildman–Crippen LogP) is 6.33. The first-order chi connectivity index (χ1) is 9.95. The Labute approximate surface area is 144 Å². The fraction of sp³-hybridized carbons (Fsp3) is 0.333. The molecule has 0 fully saturated rings. The zero-order valence-corrected chi connectivity index (χ0v) is 15.9. The standard InChI is InChI=1S/C18H21Br2N/c1-12(2)8-14-4-6-15(7-5-14)11-21-18-16(19)9-13(3)10-17(18)20/h4-7,9-10,12,21H,8,11H2,1-3H3. The van der Waals surface area contributed by atoms with Crippen LogP contribution in [-0.2, 0) is 13.0 Å². The summed E-state index contributed by atoms with van der Waals surface area (Å²) in [4.78, 5) is 0. The molecule has 1 nitrogen and oxygen atoms in total. The number of nitrogens with one attached hydrogen (secondary N) is 1. The Morgan fingerprint density at radius 1 is 0.952 bits per heavy atom. The van der Waals surface area contributed by atoms with Crippen LogP contribution in [0.2, 0.25) is 0 Å². The second-order valence-electron chi connectivity index (χ2n) is 5.87. The molecule has 1 N–H and O–H groups in total. The van der Waals surface area contributed by atoms with E-state index in [0.717, 1.165) is 27.6 Å². The van der Waals surface area contributed by atoms with Crippen LogP contribution in [0.3, 0.4) is 0 Å². The molecule has 0 aliphatic carbocycles. The number of rotatable bonds is 5. The molecular weight excluding hydrogens is 390 g/mol. The monoisotopic (exact) mass is 409 g/mol. The van der Waals surface area contributed by atoms with Gasteiger partial charge in [-0.1, -0.05) is 38.1 Å². The summed E-state index contributed by atoms with van der Waals surface area (Å²) in [6.07, 6.45) is 1.14. The van der Waals surface area contributed by atoms with E-state index in [-0.39, 0.29) is 0 Å². The molecule has 0 atom stereocenters. The van der Waals surface area contributed by atoms with Gasteiger partial charge in [-0.3, -0.25) is 0 Å². The SMILES string of the molecule is Cc1cc(Br)c(NCc2ccc(CC(C)C)cc2)c(Br)c1. The minimum Gasteiger partial charge on any atom is -0.379 e. The number of hydrogen-bond donors (Lipinski definition) is 1. The zero-order valence-electron chi connectivity index (χ0n) is 12.7. The van der Waals surface area contributed by atoms with E-state index < -0.39 is 0 Å². The third-order valence-corrected chi connectivity index (χ3v) is 4.57. The van der Waals surface area contributed by atoms with Crippen molar-refractivity contribution in [1.29, 1.82) is 0 Å². The van der Waals surface area contributed by atoms with E-state index in [2.05, 4.69) is 94.3 Å². The maximum atomic E-state index is 3.62. The Kier molecular flexibility index (Phi) is 5.88. The molecule has 0 saturated carbocycles. The summed E-state index contributed by atoms with van der Waals surface area (Å²) in [7, 11) is 0. The third kappa shape index (κ3) is 4.86. The molecule has 0 bridgehead atoms. The lowest BCUT2D eigenvalue weighted by Crippen LogP contribution is -2.02. The van der Waals surface area contributed by atoms with E-state index in [4.69, 9.17) is 0 Å². The molecule has 2 aromatic carbocycles. The Balaban J connectivity index is 2.03. The maximum absolute atomic E-state index is 3.62. The Morgan fingerprint density at radius 3 is 2.00 bits per heavy atom. The predicted molar refractivity (Wildman–Crippen MR) is 98.9 cm³/mol. The highest BCUT2D eigenvalue weighted by molar-refractivity contribution is 9.11. The van der Waals surface area contributed by atoms with Crippen LogP contribution in [0.4, 0.5) is 5.69 Å². The van der Waals surface area contributed by atoms with Gasteiger partial charge in [-0.05, 0) is 79.9 Å². The minimum absolute atomic E-state index is 0.702. The summed E-state index contributed by atoms with van der Waals surface area (Å²) in [6.45, 7) is 7.42. The average Bonchev–Trinajstić information content (AvgIpc) is 2.38. The molecule has 0 amide bonds. The van der Waals surface area contributed by atoms with Gasteiger partial charge >= 0.3 is 0 Å². The Morgan fingerprint density at radius 2 is 1.48 bits per heavy atom. The molecular formula is C18H21Br2N. The normalized spacial score (nSPS) is 11.0. The van der Waals surface area contributed by atoms with Crippen molar-refractivity contribution >= 4 is 37.5 Å². The van der Waals surface area contributed by atoms with Gasteiger partial charge in [-0.15, -0.1) is 0 Å². The maximum Gasteiger partial charge on any atom is 0.0631 e. The van der Waals surface area contributed by atoms with Crippen LogP contribution in [0, 0.1) is 12.8 Å². The van der Waals surface area contributed by atoms with Gasteiger partial charge in [-0.2, -0.15) is 0 Å². The molecule has 0 spiro atoms. The lowest BCUT2D eigenvalue weighted by atomic mass is 10.0. The lowest BCUT2D eigenvalue weighted by molar-refractivity contribution is 0.647. The van der Waals surface area contributed by atoms with Gasteiger partial charge in [-0.25, -0.2) is 0 Å². The molecule has 0 unspecified atom stereocenters. The summed E-state index contributed by atoms with van der Waals surface area (Å²) in [6, 6.07) is 13.1. The molecule has 0 aliphatic rings. The molecule has 112 valence electrons. The molecule has 0 radical (unpaired) electrons. The van der Waals surface area contributed by atoms with Crippen LogP contribution in [0.25, 0.3) is 0 Å². The van der Waals surface area contributed by atoms with Crippen LogP contribution >= 0.6 is 31.9 Å². The first kappa shape index (κ1) is 16.6. The van der Waals surface area contributed by atoms with Gasteiger partial charge in [0.15, 0.2) is 0 Å². The molecule has 0 heterocycles. The van der Waals surface area contributed by atoms with Crippen LogP contribution in [0.5, 0.6) is 0 Å². The van der Waals surface area contributed by atoms with Crippen molar-refractivity contribution in [3.8, 4) is 0 Å². The minimum atomic E-state index is 0.702. The van der Waals surface area contributed by atoms with Gasteiger partial charge in [0.25, 0.3) is 0 Å². The van der Waals surface area contributed by atoms with Crippen molar-refractivity contribution in [3.63, 3.8) is 0 Å². The molecule has 0 saturated heterocycles. The number of aryl methyl sites for hydroxylation is 1. The first-order valence-electron chi connectivity index (χ1n) is 7.23. The number of halogens is 2. The first-order valence-corrected chi connectivity index (χ1v) is 8.81. The van der Waals surface area contributed by atoms with Crippen LogP contribution < -0.4 is 5.32 Å². The largest absolute Gasteiger partial charge is 0.379 e. The van der Waals surface area contributed by atoms with Gasteiger partial charge in [0.1, 0.15) is 0 Å². The van der Waals surface area contributed by atoms with E-state index in [1.54, 1.807) is 0 Å². The van der Waals surface area contributed by atoms with Crippen molar-refractivity contribution in [3.05, 3.63) is 62.0 Å². The van der Waals surface area contributed by atoms with Crippen molar-refractivity contribution in [2.45, 2.75) is 33.7 Å². The summed E-state index contributed by atoms with van der Waals surface area (Å²) in [5.41, 5.74) is 5.04. The molecule has 2 aromatic rings. The van der Waals surface area contributed by atoms with Gasteiger partial charge < -0.3 is 5.32 Å². The summed E-state index contributed by atoms with van der Waals surface area (Å²) < 4.78 is 2.18. The Bertz CT molecular complexity index is 580. The Hall–Kier alpha value is -0.800. The van der Waals surface area contributed by atoms with Crippen molar-refractivity contribution in [2.75, 3.05) is 5.32 Å². The van der Waals surface area contributed by atoms with Crippen LogP contribution in [0.1, 0.15) is 30.5 Å². The average molecular weight is 411 g/mol. The van der Waals surface area contributed by atoms with E-state index in [0.29, 0.717) is 5.92 Å². The summed E-state index contributed by atoms with van der Waals surface area (Å²) in [5.74, 6) is 0.702. The highest BCUT2D eigenvalue weighted by atomic mass is 79.9. The molecule has 3 heteroatoms. The van der Waals surface area contributed by atoms with E-state index in [9.17, 15) is 0 Å². The quantitative estimate of drug-likeness (QED) is 0.606.